The van der Waals surface area contributed by atoms with Crippen LogP contribution in [0.5, 0.6) is 5.75 Å². The van der Waals surface area contributed by atoms with Crippen LogP contribution in [0.4, 0.5) is 4.39 Å². The minimum atomic E-state index is -0.256. The molecule has 19 heavy (non-hydrogen) atoms. The Hall–Kier alpha value is -1.13. The van der Waals surface area contributed by atoms with E-state index in [-0.39, 0.29) is 18.0 Å². The van der Waals surface area contributed by atoms with Crippen LogP contribution in [0.1, 0.15) is 39.2 Å². The van der Waals surface area contributed by atoms with Gasteiger partial charge in [0.15, 0.2) is 0 Å². The van der Waals surface area contributed by atoms with E-state index in [1.165, 1.54) is 12.1 Å². The summed E-state index contributed by atoms with van der Waals surface area (Å²) in [5.41, 5.74) is 0.791. The summed E-state index contributed by atoms with van der Waals surface area (Å²) in [6.45, 7) is 7.47. The molecule has 1 aromatic carbocycles. The molecule has 2 N–H and O–H groups in total. The van der Waals surface area contributed by atoms with E-state index >= 15 is 0 Å². The molecule has 0 spiro atoms. The molecule has 0 aliphatic rings. The standard InChI is InChI=1S/C15H24FNO2/c1-15(2,3)17-11-12-10-13(16)6-7-14(12)19-9-5-4-8-18/h6-7,10,17-18H,4-5,8-9,11H2,1-3H3. The first-order valence-corrected chi connectivity index (χ1v) is 6.69. The number of hydrogen-bond acceptors (Lipinski definition) is 3. The third-order valence-corrected chi connectivity index (χ3v) is 2.64. The van der Waals surface area contributed by atoms with Crippen molar-refractivity contribution in [3.8, 4) is 5.75 Å². The van der Waals surface area contributed by atoms with Crippen LogP contribution in [0.2, 0.25) is 0 Å². The van der Waals surface area contributed by atoms with Crippen LogP contribution in [0.15, 0.2) is 18.2 Å². The summed E-state index contributed by atoms with van der Waals surface area (Å²) in [4.78, 5) is 0. The average molecular weight is 269 g/mol. The highest BCUT2D eigenvalue weighted by Crippen LogP contribution is 2.20. The lowest BCUT2D eigenvalue weighted by atomic mass is 10.1. The van der Waals surface area contributed by atoms with Gasteiger partial charge in [-0.2, -0.15) is 0 Å². The van der Waals surface area contributed by atoms with Gasteiger partial charge in [0, 0.05) is 24.3 Å². The van der Waals surface area contributed by atoms with Crippen molar-refractivity contribution in [2.45, 2.75) is 45.7 Å². The van der Waals surface area contributed by atoms with Crippen molar-refractivity contribution in [2.24, 2.45) is 0 Å². The molecule has 0 bridgehead atoms. The highest BCUT2D eigenvalue weighted by molar-refractivity contribution is 5.34. The number of rotatable bonds is 7. The fraction of sp³-hybridized carbons (Fsp3) is 0.600. The lowest BCUT2D eigenvalue weighted by molar-refractivity contribution is 0.251. The number of halogens is 1. The monoisotopic (exact) mass is 269 g/mol. The first-order valence-electron chi connectivity index (χ1n) is 6.69. The number of benzene rings is 1. The van der Waals surface area contributed by atoms with E-state index in [0.29, 0.717) is 18.9 Å². The molecule has 1 aromatic rings. The van der Waals surface area contributed by atoms with Crippen molar-refractivity contribution in [2.75, 3.05) is 13.2 Å². The van der Waals surface area contributed by atoms with Crippen molar-refractivity contribution in [1.29, 1.82) is 0 Å². The first-order chi connectivity index (χ1) is 8.92. The fourth-order valence-electron chi connectivity index (χ4n) is 1.58. The summed E-state index contributed by atoms with van der Waals surface area (Å²) >= 11 is 0. The minimum Gasteiger partial charge on any atom is -0.493 e. The molecule has 1 rings (SSSR count). The highest BCUT2D eigenvalue weighted by Gasteiger charge is 2.11. The van der Waals surface area contributed by atoms with Gasteiger partial charge in [-0.15, -0.1) is 0 Å². The molecule has 0 saturated heterocycles. The number of nitrogens with one attached hydrogen (secondary N) is 1. The van der Waals surface area contributed by atoms with Crippen molar-refractivity contribution in [3.63, 3.8) is 0 Å². The van der Waals surface area contributed by atoms with Crippen LogP contribution in [-0.2, 0) is 6.54 Å². The van der Waals surface area contributed by atoms with Crippen LogP contribution in [-0.4, -0.2) is 23.9 Å². The van der Waals surface area contributed by atoms with Crippen LogP contribution in [0, 0.1) is 5.82 Å². The van der Waals surface area contributed by atoms with E-state index in [9.17, 15) is 4.39 Å². The van der Waals surface area contributed by atoms with Gasteiger partial charge in [0.05, 0.1) is 6.61 Å². The van der Waals surface area contributed by atoms with Gasteiger partial charge in [-0.05, 0) is 51.8 Å². The van der Waals surface area contributed by atoms with E-state index < -0.39 is 0 Å². The lowest BCUT2D eigenvalue weighted by Gasteiger charge is -2.21. The topological polar surface area (TPSA) is 41.5 Å². The maximum Gasteiger partial charge on any atom is 0.123 e. The molecule has 0 aliphatic carbocycles. The molecule has 4 heteroatoms. The molecule has 0 radical (unpaired) electrons. The summed E-state index contributed by atoms with van der Waals surface area (Å²) in [5.74, 6) is 0.449. The molecular formula is C15H24FNO2. The van der Waals surface area contributed by atoms with Crippen LogP contribution in [0.25, 0.3) is 0 Å². The first kappa shape index (κ1) is 15.9. The average Bonchev–Trinajstić information content (AvgIpc) is 2.33. The normalized spacial score (nSPS) is 11.6. The molecule has 0 aromatic heterocycles. The Morgan fingerprint density at radius 3 is 2.63 bits per heavy atom. The Bertz CT molecular complexity index is 388. The molecule has 0 aliphatic heterocycles. The number of ether oxygens (including phenoxy) is 1. The maximum absolute atomic E-state index is 13.3. The zero-order chi connectivity index (χ0) is 14.3. The second kappa shape index (κ2) is 7.46. The highest BCUT2D eigenvalue weighted by atomic mass is 19.1. The van der Waals surface area contributed by atoms with Gasteiger partial charge in [0.25, 0.3) is 0 Å². The largest absolute Gasteiger partial charge is 0.493 e. The maximum atomic E-state index is 13.3. The summed E-state index contributed by atoms with van der Waals surface area (Å²) < 4.78 is 18.9. The number of aliphatic hydroxyl groups excluding tert-OH is 1. The predicted molar refractivity (Wildman–Crippen MR) is 74.8 cm³/mol. The smallest absolute Gasteiger partial charge is 0.123 e. The predicted octanol–water partition coefficient (Wildman–Crippen LogP) is 2.87. The van der Waals surface area contributed by atoms with Gasteiger partial charge >= 0.3 is 0 Å². The van der Waals surface area contributed by atoms with Crippen molar-refractivity contribution >= 4 is 0 Å². The van der Waals surface area contributed by atoms with E-state index in [1.807, 2.05) is 0 Å². The molecule has 0 unspecified atom stereocenters. The summed E-state index contributed by atoms with van der Waals surface area (Å²) in [7, 11) is 0. The third-order valence-electron chi connectivity index (χ3n) is 2.64. The van der Waals surface area contributed by atoms with E-state index in [1.54, 1.807) is 6.07 Å². The SMILES string of the molecule is CC(C)(C)NCc1cc(F)ccc1OCCCCO. The van der Waals surface area contributed by atoms with Gasteiger partial charge in [0.2, 0.25) is 0 Å². The quantitative estimate of drug-likeness (QED) is 0.748. The van der Waals surface area contributed by atoms with Gasteiger partial charge in [0.1, 0.15) is 11.6 Å². The number of unbranched alkanes of at least 4 members (excludes halogenated alkanes) is 1. The lowest BCUT2D eigenvalue weighted by Crippen LogP contribution is -2.35. The number of hydrogen-bond donors (Lipinski definition) is 2. The number of aliphatic hydroxyl groups is 1. The Kier molecular flexibility index (Phi) is 6.25. The Balaban J connectivity index is 2.63. The van der Waals surface area contributed by atoms with Crippen molar-refractivity contribution in [1.82, 2.24) is 5.32 Å². The second-order valence-corrected chi connectivity index (χ2v) is 5.63. The van der Waals surface area contributed by atoms with Gasteiger partial charge in [-0.1, -0.05) is 0 Å². The molecule has 0 heterocycles. The summed E-state index contributed by atoms with van der Waals surface area (Å²) in [6.07, 6.45) is 1.51. The Labute approximate surface area is 114 Å². The van der Waals surface area contributed by atoms with Gasteiger partial charge in [-0.3, -0.25) is 0 Å². The van der Waals surface area contributed by atoms with Crippen LogP contribution >= 0.6 is 0 Å². The van der Waals surface area contributed by atoms with Crippen molar-refractivity contribution in [3.05, 3.63) is 29.6 Å². The molecule has 0 amide bonds. The van der Waals surface area contributed by atoms with Crippen LogP contribution in [0.3, 0.4) is 0 Å². The molecule has 0 atom stereocenters. The second-order valence-electron chi connectivity index (χ2n) is 5.63. The molecule has 0 fully saturated rings. The summed E-state index contributed by atoms with van der Waals surface area (Å²) in [5, 5.41) is 12.0. The van der Waals surface area contributed by atoms with Gasteiger partial charge in [-0.25, -0.2) is 4.39 Å². The Morgan fingerprint density at radius 2 is 2.00 bits per heavy atom. The van der Waals surface area contributed by atoms with Crippen LogP contribution < -0.4 is 10.1 Å². The zero-order valence-corrected chi connectivity index (χ0v) is 12.0. The molecule has 3 nitrogen and oxygen atoms in total. The minimum absolute atomic E-state index is 0.0273. The third kappa shape index (κ3) is 6.55. The van der Waals surface area contributed by atoms with E-state index in [4.69, 9.17) is 9.84 Å². The Morgan fingerprint density at radius 1 is 1.26 bits per heavy atom. The summed E-state index contributed by atoms with van der Waals surface area (Å²) in [6, 6.07) is 4.57. The molecular weight excluding hydrogens is 245 g/mol. The van der Waals surface area contributed by atoms with E-state index in [0.717, 1.165) is 18.4 Å². The van der Waals surface area contributed by atoms with E-state index in [2.05, 4.69) is 26.1 Å². The molecule has 0 saturated carbocycles. The molecule has 108 valence electrons. The van der Waals surface area contributed by atoms with Gasteiger partial charge < -0.3 is 15.2 Å². The zero-order valence-electron chi connectivity index (χ0n) is 12.0. The fourth-order valence-corrected chi connectivity index (χ4v) is 1.58. The van der Waals surface area contributed by atoms with Crippen molar-refractivity contribution < 1.29 is 14.2 Å².